The quantitative estimate of drug-likeness (QED) is 0.449. The molecule has 2 aromatic carbocycles. The van der Waals surface area contributed by atoms with Gasteiger partial charge in [0, 0.05) is 0 Å². The molecule has 1 aliphatic heterocycles. The number of hydrogen-bond donors (Lipinski definition) is 0. The Labute approximate surface area is 181 Å². The summed E-state index contributed by atoms with van der Waals surface area (Å²) in [4.78, 5) is 0. The molecule has 26 heavy (non-hydrogen) atoms. The first-order chi connectivity index (χ1) is 11.8. The molecule has 2 unspecified atom stereocenters. The predicted octanol–water partition coefficient (Wildman–Crippen LogP) is -0.0659. The fourth-order valence-corrected chi connectivity index (χ4v) is 23.6. The number of benzene rings is 2. The molecule has 5 rings (SSSR count). The van der Waals surface area contributed by atoms with Crippen LogP contribution in [0.1, 0.15) is 43.5 Å². The van der Waals surface area contributed by atoms with Gasteiger partial charge in [-0.05, 0) is 0 Å². The van der Waals surface area contributed by atoms with Crippen LogP contribution in [0.2, 0.25) is 12.1 Å². The van der Waals surface area contributed by atoms with Gasteiger partial charge in [0.25, 0.3) is 0 Å². The van der Waals surface area contributed by atoms with E-state index in [1.165, 1.54) is 23.2 Å². The molecule has 3 aliphatic rings. The third-order valence-electron chi connectivity index (χ3n) is 6.50. The maximum absolute atomic E-state index is 2.63. The number of hydrogen-bond acceptors (Lipinski definition) is 0. The van der Waals surface area contributed by atoms with Crippen molar-refractivity contribution in [3.63, 3.8) is 0 Å². The summed E-state index contributed by atoms with van der Waals surface area (Å²) in [6.45, 7) is 4.94. The van der Waals surface area contributed by atoms with Crippen molar-refractivity contribution in [2.75, 3.05) is 0 Å². The van der Waals surface area contributed by atoms with Crippen molar-refractivity contribution in [1.82, 2.24) is 0 Å². The fourth-order valence-electron chi connectivity index (χ4n) is 5.24. The fraction of sp³-hybridized carbons (Fsp3) is 0.273. The summed E-state index contributed by atoms with van der Waals surface area (Å²) in [5, 5.41) is 3.82. The smallest absolute Gasteiger partial charge is 1.00 e. The zero-order valence-electron chi connectivity index (χ0n) is 15.1. The molecule has 132 valence electrons. The largest absolute Gasteiger partial charge is 1.00 e. The number of rotatable bonds is 2. The van der Waals surface area contributed by atoms with E-state index in [0.717, 1.165) is 7.35 Å². The van der Waals surface area contributed by atoms with Crippen molar-refractivity contribution in [2.24, 2.45) is 0 Å². The maximum Gasteiger partial charge on any atom is -1.00 e. The first kappa shape index (κ1) is 20.3. The second-order valence-electron chi connectivity index (χ2n) is 7.28. The van der Waals surface area contributed by atoms with E-state index in [2.05, 4.69) is 74.5 Å². The number of fused-ring (bicyclic) bond motifs is 6. The summed E-state index contributed by atoms with van der Waals surface area (Å²) in [7, 11) is -1.52. The van der Waals surface area contributed by atoms with Crippen LogP contribution in [0.3, 0.4) is 0 Å². The van der Waals surface area contributed by atoms with Crippen molar-refractivity contribution in [3.8, 4) is 0 Å². The van der Waals surface area contributed by atoms with Gasteiger partial charge in [-0.1, -0.05) is 0 Å². The zero-order valence-corrected chi connectivity index (χ0v) is 21.2. The van der Waals surface area contributed by atoms with Crippen LogP contribution in [-0.2, 0) is 22.9 Å². The standard InChI is InChI=1S/C22H22Si.2ClH.Hf/c1-3-23(4-2,21-13-17-9-5-6-10-18(17)14-21)22-15-19-11-7-8-12-20(19)16-22;;;/h5-16H,3-4H2,1-2H3;2*1H;/q;;;+2/p-2. The first-order valence-corrected chi connectivity index (χ1v) is 15.7. The van der Waals surface area contributed by atoms with Crippen LogP contribution in [0, 0.1) is 0 Å². The Morgan fingerprint density at radius 2 is 1.15 bits per heavy atom. The molecule has 2 aromatic rings. The molecule has 0 amide bonds. The Balaban J connectivity index is 0.000000980. The summed E-state index contributed by atoms with van der Waals surface area (Å²) in [6, 6.07) is 21.3. The number of halogens is 2. The Hall–Kier alpha value is -0.413. The molecule has 0 spiro atoms. The minimum absolute atomic E-state index is 0. The van der Waals surface area contributed by atoms with Crippen LogP contribution >= 0.6 is 0 Å². The predicted molar refractivity (Wildman–Crippen MR) is 101 cm³/mol. The summed E-state index contributed by atoms with van der Waals surface area (Å²) >= 11 is -0.847. The van der Waals surface area contributed by atoms with E-state index in [9.17, 15) is 0 Å². The van der Waals surface area contributed by atoms with Gasteiger partial charge in [0.1, 0.15) is 0 Å². The van der Waals surface area contributed by atoms with Crippen LogP contribution < -0.4 is 24.8 Å². The van der Waals surface area contributed by atoms with Gasteiger partial charge in [0.05, 0.1) is 0 Å². The molecule has 2 atom stereocenters. The summed E-state index contributed by atoms with van der Waals surface area (Å²) < 4.78 is 1.72. The van der Waals surface area contributed by atoms with Gasteiger partial charge < -0.3 is 24.8 Å². The van der Waals surface area contributed by atoms with Crippen LogP contribution in [0.5, 0.6) is 0 Å². The molecule has 0 N–H and O–H groups in total. The van der Waals surface area contributed by atoms with Crippen molar-refractivity contribution in [1.29, 1.82) is 0 Å². The Kier molecular flexibility index (Phi) is 5.90. The van der Waals surface area contributed by atoms with E-state index in [1.54, 1.807) is 11.1 Å². The second-order valence-corrected chi connectivity index (χ2v) is 17.4. The summed E-state index contributed by atoms with van der Waals surface area (Å²) in [5.74, 6) is 0. The molecule has 0 bridgehead atoms. The number of allylic oxidation sites excluding steroid dienone is 2. The molecule has 0 nitrogen and oxygen atoms in total. The average molecular weight is 564 g/mol. The zero-order chi connectivity index (χ0) is 16.3. The third-order valence-corrected chi connectivity index (χ3v) is 20.9. The average Bonchev–Trinajstić information content (AvgIpc) is 3.19. The van der Waals surface area contributed by atoms with Crippen molar-refractivity contribution < 1.29 is 47.7 Å². The van der Waals surface area contributed by atoms with Crippen molar-refractivity contribution in [2.45, 2.75) is 33.3 Å². The SMILES string of the molecule is CC[Si]1(CC)C2=Cc3ccccc3[CH]2[Hf+2][CH]2C1=Cc1ccccc12.[Cl-].[Cl-]. The molecule has 0 aromatic heterocycles. The van der Waals surface area contributed by atoms with Crippen molar-refractivity contribution in [3.05, 3.63) is 81.2 Å². The molecule has 0 radical (unpaired) electrons. The van der Waals surface area contributed by atoms with Crippen LogP contribution in [-0.4, -0.2) is 8.07 Å². The minimum atomic E-state index is -1.52. The topological polar surface area (TPSA) is 0 Å². The minimum Gasteiger partial charge on any atom is -1.00 e. The van der Waals surface area contributed by atoms with Crippen LogP contribution in [0.15, 0.2) is 58.9 Å². The van der Waals surface area contributed by atoms with E-state index in [4.69, 9.17) is 0 Å². The van der Waals surface area contributed by atoms with E-state index in [0.29, 0.717) is 0 Å². The van der Waals surface area contributed by atoms with Gasteiger partial charge in [-0.15, -0.1) is 0 Å². The van der Waals surface area contributed by atoms with Crippen LogP contribution in [0.4, 0.5) is 0 Å². The van der Waals surface area contributed by atoms with E-state index < -0.39 is 31.0 Å². The summed E-state index contributed by atoms with van der Waals surface area (Å²) in [5.41, 5.74) is 6.44. The maximum atomic E-state index is 2.63. The van der Waals surface area contributed by atoms with Gasteiger partial charge in [-0.25, -0.2) is 0 Å². The van der Waals surface area contributed by atoms with Crippen molar-refractivity contribution >= 4 is 20.2 Å². The van der Waals surface area contributed by atoms with Gasteiger partial charge in [0.15, 0.2) is 0 Å². The molecule has 1 fully saturated rings. The van der Waals surface area contributed by atoms with Crippen LogP contribution in [0.25, 0.3) is 12.2 Å². The summed E-state index contributed by atoms with van der Waals surface area (Å²) in [6.07, 6.45) is 5.26. The molecule has 1 saturated heterocycles. The second kappa shape index (κ2) is 7.54. The molecular formula is C22H22Cl2HfSi. The van der Waals surface area contributed by atoms with E-state index in [-0.39, 0.29) is 24.8 Å². The van der Waals surface area contributed by atoms with E-state index in [1.807, 2.05) is 10.4 Å². The Bertz CT molecular complexity index is 829. The third kappa shape index (κ3) is 2.63. The molecule has 1 heterocycles. The van der Waals surface area contributed by atoms with Gasteiger partial charge >= 0.3 is 158 Å². The molecule has 0 saturated carbocycles. The monoisotopic (exact) mass is 564 g/mol. The molecule has 4 heteroatoms. The Morgan fingerprint density at radius 1 is 0.731 bits per heavy atom. The first-order valence-electron chi connectivity index (χ1n) is 9.16. The van der Waals surface area contributed by atoms with Gasteiger partial charge in [-0.2, -0.15) is 0 Å². The molecule has 2 aliphatic carbocycles. The normalized spacial score (nSPS) is 22.7. The van der Waals surface area contributed by atoms with Gasteiger partial charge in [-0.3, -0.25) is 0 Å². The molecular weight excluding hydrogens is 542 g/mol. The van der Waals surface area contributed by atoms with Gasteiger partial charge in [0.2, 0.25) is 0 Å². The van der Waals surface area contributed by atoms with E-state index >= 15 is 0 Å². The Morgan fingerprint density at radius 3 is 1.58 bits per heavy atom.